The van der Waals surface area contributed by atoms with Crippen LogP contribution in [0.15, 0.2) is 10.3 Å². The Morgan fingerprint density at radius 2 is 2.14 bits per heavy atom. The van der Waals surface area contributed by atoms with Gasteiger partial charge in [-0.15, -0.1) is 11.3 Å². The lowest BCUT2D eigenvalue weighted by atomic mass is 10.3. The molecule has 0 unspecified atom stereocenters. The summed E-state index contributed by atoms with van der Waals surface area (Å²) in [7, 11) is -1.79. The number of hydrogen-bond donors (Lipinski definition) is 1. The van der Waals surface area contributed by atoms with Crippen LogP contribution in [0.5, 0.6) is 0 Å². The molecule has 0 saturated carbocycles. The van der Waals surface area contributed by atoms with Crippen LogP contribution in [-0.4, -0.2) is 44.4 Å². The van der Waals surface area contributed by atoms with Gasteiger partial charge in [0.15, 0.2) is 4.34 Å². The maximum absolute atomic E-state index is 12.0. The Morgan fingerprint density at radius 3 is 2.62 bits per heavy atom. The van der Waals surface area contributed by atoms with Crippen LogP contribution in [0.25, 0.3) is 0 Å². The molecule has 1 N–H and O–H groups in total. The van der Waals surface area contributed by atoms with Crippen LogP contribution in [0.4, 0.5) is 5.69 Å². The molecular weight excluding hydrogens is 338 g/mol. The van der Waals surface area contributed by atoms with E-state index in [4.69, 9.17) is 11.6 Å². The van der Waals surface area contributed by atoms with E-state index >= 15 is 0 Å². The maximum Gasteiger partial charge on any atom is 0.300 e. The van der Waals surface area contributed by atoms with Gasteiger partial charge in [-0.3, -0.25) is 10.1 Å². The molecule has 7 nitrogen and oxygen atoms in total. The highest BCUT2D eigenvalue weighted by atomic mass is 35.5. The number of thiophene rings is 1. The largest absolute Gasteiger partial charge is 0.304 e. The second kappa shape index (κ2) is 7.50. The summed E-state index contributed by atoms with van der Waals surface area (Å²) in [5, 5.41) is 10.7. The molecule has 0 aliphatic carbocycles. The first-order valence-corrected chi connectivity index (χ1v) is 8.96. The Bertz CT molecular complexity index is 601. The molecule has 0 amide bonds. The number of sulfonamides is 1. The summed E-state index contributed by atoms with van der Waals surface area (Å²) in [6, 6.07) is 1.37. The van der Waals surface area contributed by atoms with Gasteiger partial charge in [-0.2, -0.15) is 0 Å². The van der Waals surface area contributed by atoms with E-state index in [0.717, 1.165) is 12.6 Å². The lowest BCUT2D eigenvalue weighted by Gasteiger charge is -2.20. The quantitative estimate of drug-likeness (QED) is 0.439. The predicted octanol–water partition coefficient (Wildman–Crippen LogP) is 2.32. The van der Waals surface area contributed by atoms with Gasteiger partial charge in [0.2, 0.25) is 10.0 Å². The van der Waals surface area contributed by atoms with Crippen molar-refractivity contribution in [2.45, 2.75) is 30.5 Å². The van der Waals surface area contributed by atoms with E-state index in [2.05, 4.69) is 23.5 Å². The Balaban J connectivity index is 2.62. The average molecular weight is 356 g/mol. The van der Waals surface area contributed by atoms with Crippen molar-refractivity contribution in [1.29, 1.82) is 0 Å². The lowest BCUT2D eigenvalue weighted by molar-refractivity contribution is -0.384. The molecule has 0 radical (unpaired) electrons. The molecule has 0 fully saturated rings. The van der Waals surface area contributed by atoms with Crippen LogP contribution in [0.1, 0.15) is 20.3 Å². The van der Waals surface area contributed by atoms with Gasteiger partial charge in [-0.05, 0) is 33.9 Å². The standard InChI is InChI=1S/C11H18ClN3O4S2/c1-8(2)14(3)6-4-5-13-21(18,19)10-7-9(15(16)17)11(12)20-10/h7-8,13H,4-6H2,1-3H3. The molecule has 1 aromatic heterocycles. The summed E-state index contributed by atoms with van der Waals surface area (Å²) in [6.45, 7) is 5.13. The van der Waals surface area contributed by atoms with Crippen molar-refractivity contribution in [2.75, 3.05) is 20.1 Å². The fourth-order valence-electron chi connectivity index (χ4n) is 1.46. The molecule has 1 rings (SSSR count). The molecule has 1 heterocycles. The third-order valence-electron chi connectivity index (χ3n) is 2.97. The Kier molecular flexibility index (Phi) is 6.54. The zero-order chi connectivity index (χ0) is 16.2. The van der Waals surface area contributed by atoms with E-state index in [1.807, 2.05) is 7.05 Å². The second-order valence-corrected chi connectivity index (χ2v) is 8.46. The summed E-state index contributed by atoms with van der Waals surface area (Å²) in [4.78, 5) is 12.1. The minimum absolute atomic E-state index is 0.139. The zero-order valence-electron chi connectivity index (χ0n) is 12.0. The van der Waals surface area contributed by atoms with Gasteiger partial charge in [0.1, 0.15) is 4.21 Å². The number of nitrogens with zero attached hydrogens (tertiary/aromatic N) is 2. The average Bonchev–Trinajstić information content (AvgIpc) is 2.77. The number of hydrogen-bond acceptors (Lipinski definition) is 6. The van der Waals surface area contributed by atoms with E-state index in [-0.39, 0.29) is 20.8 Å². The lowest BCUT2D eigenvalue weighted by Crippen LogP contribution is -2.31. The van der Waals surface area contributed by atoms with Gasteiger partial charge in [0, 0.05) is 18.7 Å². The molecule has 0 saturated heterocycles. The fraction of sp³-hybridized carbons (Fsp3) is 0.636. The van der Waals surface area contributed by atoms with Crippen LogP contribution in [0.3, 0.4) is 0 Å². The summed E-state index contributed by atoms with van der Waals surface area (Å²) < 4.78 is 26.1. The Labute approximate surface area is 133 Å². The van der Waals surface area contributed by atoms with Crippen LogP contribution >= 0.6 is 22.9 Å². The highest BCUT2D eigenvalue weighted by molar-refractivity contribution is 7.91. The molecule has 0 aromatic carbocycles. The number of halogens is 1. The monoisotopic (exact) mass is 355 g/mol. The van der Waals surface area contributed by atoms with Crippen molar-refractivity contribution in [1.82, 2.24) is 9.62 Å². The fourth-order valence-corrected chi connectivity index (χ4v) is 4.24. The second-order valence-electron chi connectivity index (χ2n) is 4.81. The minimum atomic E-state index is -3.75. The van der Waals surface area contributed by atoms with Crippen molar-refractivity contribution in [2.24, 2.45) is 0 Å². The van der Waals surface area contributed by atoms with Crippen molar-refractivity contribution < 1.29 is 13.3 Å². The molecular formula is C11H18ClN3O4S2. The van der Waals surface area contributed by atoms with Gasteiger partial charge in [0.05, 0.1) is 4.92 Å². The van der Waals surface area contributed by atoms with Crippen LogP contribution in [-0.2, 0) is 10.0 Å². The summed E-state index contributed by atoms with van der Waals surface area (Å²) >= 11 is 6.34. The van der Waals surface area contributed by atoms with Gasteiger partial charge in [-0.25, -0.2) is 13.1 Å². The van der Waals surface area contributed by atoms with Gasteiger partial charge in [0.25, 0.3) is 5.69 Å². The van der Waals surface area contributed by atoms with Crippen LogP contribution in [0, 0.1) is 10.1 Å². The number of nitro groups is 1. The third kappa shape index (κ3) is 5.19. The SMILES string of the molecule is CC(C)N(C)CCCNS(=O)(=O)c1cc([N+](=O)[O-])c(Cl)s1. The Hall–Kier alpha value is -0.740. The first kappa shape index (κ1) is 18.3. The van der Waals surface area contributed by atoms with Crippen molar-refractivity contribution in [3.05, 3.63) is 20.5 Å². The molecule has 10 heteroatoms. The molecule has 120 valence electrons. The molecule has 0 bridgehead atoms. The van der Waals surface area contributed by atoms with Crippen molar-refractivity contribution >= 4 is 38.6 Å². The molecule has 0 aliphatic heterocycles. The van der Waals surface area contributed by atoms with E-state index in [0.29, 0.717) is 23.8 Å². The third-order valence-corrected chi connectivity index (χ3v) is 6.24. The van der Waals surface area contributed by atoms with E-state index in [9.17, 15) is 18.5 Å². The van der Waals surface area contributed by atoms with Crippen molar-refractivity contribution in [3.8, 4) is 0 Å². The van der Waals surface area contributed by atoms with E-state index in [1.165, 1.54) is 0 Å². The molecule has 1 aromatic rings. The number of rotatable bonds is 8. The molecule has 0 atom stereocenters. The molecule has 0 aliphatic rings. The van der Waals surface area contributed by atoms with Crippen LogP contribution < -0.4 is 4.72 Å². The summed E-state index contributed by atoms with van der Waals surface area (Å²) in [6.07, 6.45) is 0.648. The normalized spacial score (nSPS) is 12.3. The zero-order valence-corrected chi connectivity index (χ0v) is 14.4. The highest BCUT2D eigenvalue weighted by Crippen LogP contribution is 2.35. The molecule has 0 spiro atoms. The first-order valence-electron chi connectivity index (χ1n) is 6.28. The van der Waals surface area contributed by atoms with Gasteiger partial charge < -0.3 is 4.90 Å². The first-order chi connectivity index (χ1) is 9.65. The van der Waals surface area contributed by atoms with Crippen molar-refractivity contribution in [3.63, 3.8) is 0 Å². The maximum atomic E-state index is 12.0. The smallest absolute Gasteiger partial charge is 0.300 e. The van der Waals surface area contributed by atoms with Gasteiger partial charge in [-0.1, -0.05) is 11.6 Å². The Morgan fingerprint density at radius 1 is 1.52 bits per heavy atom. The highest BCUT2D eigenvalue weighted by Gasteiger charge is 2.24. The summed E-state index contributed by atoms with van der Waals surface area (Å²) in [5.74, 6) is 0. The summed E-state index contributed by atoms with van der Waals surface area (Å²) in [5.41, 5.74) is -0.387. The van der Waals surface area contributed by atoms with Crippen LogP contribution in [0.2, 0.25) is 4.34 Å². The topological polar surface area (TPSA) is 92.6 Å². The minimum Gasteiger partial charge on any atom is -0.304 e. The number of nitrogens with one attached hydrogen (secondary N) is 1. The van der Waals surface area contributed by atoms with Gasteiger partial charge >= 0.3 is 0 Å². The predicted molar refractivity (Wildman–Crippen MR) is 83.6 cm³/mol. The molecule has 21 heavy (non-hydrogen) atoms. The van der Waals surface area contributed by atoms with E-state index < -0.39 is 14.9 Å². The van der Waals surface area contributed by atoms with E-state index in [1.54, 1.807) is 0 Å².